The predicted molar refractivity (Wildman–Crippen MR) is 155 cm³/mol. The number of hydrogen-bond donors (Lipinski definition) is 0. The van der Waals surface area contributed by atoms with Crippen molar-refractivity contribution in [2.75, 3.05) is 31.8 Å². The van der Waals surface area contributed by atoms with Gasteiger partial charge in [-0.2, -0.15) is 13.2 Å². The Morgan fingerprint density at radius 1 is 1.07 bits per heavy atom. The van der Waals surface area contributed by atoms with E-state index in [2.05, 4.69) is 26.8 Å². The number of benzene rings is 1. The summed E-state index contributed by atoms with van der Waals surface area (Å²) in [4.78, 5) is 24.9. The number of imidazole rings is 1. The Balaban J connectivity index is 1.37. The van der Waals surface area contributed by atoms with Crippen LogP contribution in [0.3, 0.4) is 0 Å². The van der Waals surface area contributed by atoms with Crippen LogP contribution >= 0.6 is 0 Å². The summed E-state index contributed by atoms with van der Waals surface area (Å²) in [5.74, 6) is 2.41. The van der Waals surface area contributed by atoms with Gasteiger partial charge in [-0.15, -0.1) is 0 Å². The number of aromatic nitrogens is 6. The van der Waals surface area contributed by atoms with Gasteiger partial charge >= 0.3 is 6.18 Å². The monoisotopic (exact) mass is 593 g/mol. The van der Waals surface area contributed by atoms with Crippen molar-refractivity contribution in [2.24, 2.45) is 0 Å². The third-order valence-corrected chi connectivity index (χ3v) is 7.98. The zero-order chi connectivity index (χ0) is 30.3. The number of alkyl halides is 3. The molecule has 6 rings (SSSR count). The fourth-order valence-corrected chi connectivity index (χ4v) is 5.55. The third-order valence-electron chi connectivity index (χ3n) is 7.98. The third kappa shape index (κ3) is 5.67. The molecule has 43 heavy (non-hydrogen) atoms. The molecule has 0 amide bonds. The molecule has 1 aliphatic heterocycles. The average Bonchev–Trinajstić information content (AvgIpc) is 3.76. The van der Waals surface area contributed by atoms with Crippen LogP contribution in [0.25, 0.3) is 22.8 Å². The number of halogens is 3. The second kappa shape index (κ2) is 11.6. The number of aryl methyl sites for hydroxylation is 1. The first-order valence-electron chi connectivity index (χ1n) is 14.6. The van der Waals surface area contributed by atoms with Crippen molar-refractivity contribution in [2.45, 2.75) is 64.2 Å². The van der Waals surface area contributed by atoms with Crippen molar-refractivity contribution in [3.05, 3.63) is 65.5 Å². The second-order valence-electron chi connectivity index (χ2n) is 11.2. The maximum absolute atomic E-state index is 13.5. The Hall–Kier alpha value is -4.06. The Bertz CT molecular complexity index is 1600. The van der Waals surface area contributed by atoms with E-state index in [1.807, 2.05) is 44.3 Å². The zero-order valence-electron chi connectivity index (χ0n) is 24.6. The Labute approximate surface area is 248 Å². The molecule has 0 bridgehead atoms. The normalized spacial score (nSPS) is 17.5. The molecule has 1 atom stereocenters. The van der Waals surface area contributed by atoms with Crippen LogP contribution in [0.4, 0.5) is 19.0 Å². The van der Waals surface area contributed by atoms with Crippen molar-refractivity contribution in [3.63, 3.8) is 0 Å². The SMILES string of the molecule is CCc1cnc(-c2c(OC)ncnc2C2CC2)nc1N1CCOCC1c1ccc(-c2nc(C(F)(F)F)cn2C(C)C)cc1. The molecule has 226 valence electrons. The van der Waals surface area contributed by atoms with E-state index in [1.165, 1.54) is 6.33 Å². The lowest BCUT2D eigenvalue weighted by Crippen LogP contribution is -2.40. The lowest BCUT2D eigenvalue weighted by molar-refractivity contribution is -0.140. The van der Waals surface area contributed by atoms with Gasteiger partial charge < -0.3 is 18.9 Å². The van der Waals surface area contributed by atoms with Crippen molar-refractivity contribution >= 4 is 5.82 Å². The number of nitrogens with zero attached hydrogens (tertiary/aromatic N) is 7. The summed E-state index contributed by atoms with van der Waals surface area (Å²) < 4.78 is 53.4. The quantitative estimate of drug-likeness (QED) is 0.231. The summed E-state index contributed by atoms with van der Waals surface area (Å²) in [5, 5.41) is 0. The lowest BCUT2D eigenvalue weighted by atomic mass is 10.0. The van der Waals surface area contributed by atoms with Crippen LogP contribution in [0.2, 0.25) is 0 Å². The molecule has 0 radical (unpaired) electrons. The van der Waals surface area contributed by atoms with Crippen LogP contribution < -0.4 is 9.64 Å². The standard InChI is InChI=1S/C31H34F3N7O2/c1-5-19-14-35-27(25-26(21-8-9-21)36-17-37-30(25)42-4)39-28(19)40-12-13-43-16-23(40)20-6-10-22(11-7-20)29-38-24(31(32,33)34)15-41(29)18(2)3/h6-7,10-11,14-15,17-18,21,23H,5,8-9,12-13,16H2,1-4H3. The minimum Gasteiger partial charge on any atom is -0.480 e. The van der Waals surface area contributed by atoms with Gasteiger partial charge in [-0.1, -0.05) is 31.2 Å². The number of methoxy groups -OCH3 is 1. The predicted octanol–water partition coefficient (Wildman–Crippen LogP) is 6.42. The van der Waals surface area contributed by atoms with Crippen molar-refractivity contribution in [1.29, 1.82) is 0 Å². The Morgan fingerprint density at radius 3 is 2.49 bits per heavy atom. The van der Waals surface area contributed by atoms with Gasteiger partial charge in [-0.25, -0.2) is 24.9 Å². The largest absolute Gasteiger partial charge is 0.480 e. The van der Waals surface area contributed by atoms with E-state index in [-0.39, 0.29) is 17.9 Å². The van der Waals surface area contributed by atoms with Gasteiger partial charge in [0, 0.05) is 42.0 Å². The molecular formula is C31H34F3N7O2. The molecule has 1 saturated heterocycles. The fraction of sp³-hybridized carbons (Fsp3) is 0.452. The summed E-state index contributed by atoms with van der Waals surface area (Å²) in [7, 11) is 1.59. The maximum Gasteiger partial charge on any atom is 0.434 e. The Kier molecular flexibility index (Phi) is 7.80. The van der Waals surface area contributed by atoms with Gasteiger partial charge in [0.25, 0.3) is 0 Å². The first-order valence-corrected chi connectivity index (χ1v) is 14.6. The second-order valence-corrected chi connectivity index (χ2v) is 11.2. The zero-order valence-corrected chi connectivity index (χ0v) is 24.6. The van der Waals surface area contributed by atoms with Gasteiger partial charge in [-0.05, 0) is 38.7 Å². The van der Waals surface area contributed by atoms with Crippen LogP contribution in [0.15, 0.2) is 43.0 Å². The van der Waals surface area contributed by atoms with Gasteiger partial charge in [0.05, 0.1) is 32.1 Å². The smallest absolute Gasteiger partial charge is 0.434 e. The summed E-state index contributed by atoms with van der Waals surface area (Å²) in [5.41, 5.74) is 3.30. The molecular weight excluding hydrogens is 559 g/mol. The first kappa shape index (κ1) is 29.0. The fourth-order valence-electron chi connectivity index (χ4n) is 5.55. The lowest BCUT2D eigenvalue weighted by Gasteiger charge is -2.38. The molecule has 1 aromatic carbocycles. The number of hydrogen-bond acceptors (Lipinski definition) is 8. The highest BCUT2D eigenvalue weighted by Gasteiger charge is 2.36. The van der Waals surface area contributed by atoms with E-state index < -0.39 is 11.9 Å². The summed E-state index contributed by atoms with van der Waals surface area (Å²) in [6, 6.07) is 7.16. The summed E-state index contributed by atoms with van der Waals surface area (Å²) in [6.45, 7) is 7.33. The van der Waals surface area contributed by atoms with Gasteiger partial charge in [0.1, 0.15) is 23.5 Å². The van der Waals surface area contributed by atoms with Crippen LogP contribution in [-0.2, 0) is 17.3 Å². The topological polar surface area (TPSA) is 91.1 Å². The van der Waals surface area contributed by atoms with E-state index in [1.54, 1.807) is 11.7 Å². The Morgan fingerprint density at radius 2 is 1.84 bits per heavy atom. The molecule has 1 saturated carbocycles. The van der Waals surface area contributed by atoms with Gasteiger partial charge in [0.2, 0.25) is 5.88 Å². The van der Waals surface area contributed by atoms with Crippen LogP contribution in [0.5, 0.6) is 5.88 Å². The number of ether oxygens (including phenoxy) is 2. The minimum absolute atomic E-state index is 0.164. The molecule has 1 aliphatic carbocycles. The van der Waals surface area contributed by atoms with Crippen molar-refractivity contribution in [3.8, 4) is 28.7 Å². The highest BCUT2D eigenvalue weighted by atomic mass is 19.4. The van der Waals surface area contributed by atoms with Crippen LogP contribution in [-0.4, -0.2) is 56.4 Å². The van der Waals surface area contributed by atoms with Crippen molar-refractivity contribution < 1.29 is 22.6 Å². The minimum atomic E-state index is -4.52. The first-order chi connectivity index (χ1) is 20.7. The molecule has 4 heterocycles. The number of rotatable bonds is 8. The molecule has 4 aromatic rings. The van der Waals surface area contributed by atoms with E-state index >= 15 is 0 Å². The van der Waals surface area contributed by atoms with E-state index in [9.17, 15) is 13.2 Å². The van der Waals surface area contributed by atoms with E-state index in [0.717, 1.165) is 53.7 Å². The molecule has 3 aromatic heterocycles. The number of morpholine rings is 1. The highest BCUT2D eigenvalue weighted by Crippen LogP contribution is 2.45. The van der Waals surface area contributed by atoms with Gasteiger partial charge in [0.15, 0.2) is 11.5 Å². The maximum atomic E-state index is 13.5. The summed E-state index contributed by atoms with van der Waals surface area (Å²) in [6.07, 6.45) is 2.79. The summed E-state index contributed by atoms with van der Waals surface area (Å²) >= 11 is 0. The van der Waals surface area contributed by atoms with Crippen LogP contribution in [0.1, 0.15) is 74.1 Å². The highest BCUT2D eigenvalue weighted by molar-refractivity contribution is 5.68. The van der Waals surface area contributed by atoms with E-state index in [4.69, 9.17) is 19.4 Å². The number of anilines is 1. The van der Waals surface area contributed by atoms with Crippen molar-refractivity contribution in [1.82, 2.24) is 29.5 Å². The average molecular weight is 594 g/mol. The van der Waals surface area contributed by atoms with Gasteiger partial charge in [-0.3, -0.25) is 0 Å². The molecule has 12 heteroatoms. The molecule has 0 spiro atoms. The molecule has 1 unspecified atom stereocenters. The molecule has 2 fully saturated rings. The molecule has 0 N–H and O–H groups in total. The van der Waals surface area contributed by atoms with Crippen LogP contribution in [0, 0.1) is 0 Å². The van der Waals surface area contributed by atoms with E-state index in [0.29, 0.717) is 42.9 Å². The molecule has 2 aliphatic rings. The molecule has 9 nitrogen and oxygen atoms in total.